The number of halogens is 1. The summed E-state index contributed by atoms with van der Waals surface area (Å²) in [6.07, 6.45) is 5.29. The van der Waals surface area contributed by atoms with Crippen LogP contribution in [0.4, 0.5) is 0 Å². The molecular weight excluding hydrogens is 290 g/mol. The molecule has 21 heavy (non-hydrogen) atoms. The highest BCUT2D eigenvalue weighted by Crippen LogP contribution is 2.46. The smallest absolute Gasteiger partial charge is 0.231 e. The lowest BCUT2D eigenvalue weighted by Crippen LogP contribution is -2.53. The van der Waals surface area contributed by atoms with Crippen LogP contribution in [0.15, 0.2) is 18.2 Å². The molecular formula is C16H22ClNO3. The molecule has 0 radical (unpaired) electrons. The van der Waals surface area contributed by atoms with Gasteiger partial charge in [-0.1, -0.05) is 18.9 Å². The molecule has 2 N–H and O–H groups in total. The van der Waals surface area contributed by atoms with Crippen LogP contribution in [0.2, 0.25) is 0 Å². The molecule has 1 aliphatic carbocycles. The lowest BCUT2D eigenvalue weighted by atomic mass is 9.67. The Morgan fingerprint density at radius 3 is 2.90 bits per heavy atom. The molecule has 116 valence electrons. The van der Waals surface area contributed by atoms with E-state index >= 15 is 0 Å². The van der Waals surface area contributed by atoms with Gasteiger partial charge >= 0.3 is 0 Å². The first kappa shape index (κ1) is 14.9. The average molecular weight is 312 g/mol. The number of hydrogen-bond acceptors (Lipinski definition) is 4. The van der Waals surface area contributed by atoms with E-state index in [0.717, 1.165) is 43.7 Å². The van der Waals surface area contributed by atoms with Gasteiger partial charge in [-0.25, -0.2) is 0 Å². The molecule has 2 heterocycles. The molecule has 1 aromatic rings. The topological polar surface area (TPSA) is 50.7 Å². The summed E-state index contributed by atoms with van der Waals surface area (Å²) in [5, 5.41) is 14.5. The van der Waals surface area contributed by atoms with Crippen LogP contribution < -0.4 is 14.8 Å². The van der Waals surface area contributed by atoms with Crippen molar-refractivity contribution in [1.82, 2.24) is 5.32 Å². The minimum absolute atomic E-state index is 0. The van der Waals surface area contributed by atoms with Crippen LogP contribution in [0.5, 0.6) is 11.5 Å². The Labute approximate surface area is 131 Å². The molecule has 3 atom stereocenters. The maximum absolute atomic E-state index is 10.9. The second-order valence-electron chi connectivity index (χ2n) is 6.25. The molecule has 1 saturated heterocycles. The molecule has 0 aromatic heterocycles. The zero-order chi connectivity index (χ0) is 13.6. The van der Waals surface area contributed by atoms with Crippen molar-refractivity contribution in [2.75, 3.05) is 13.3 Å². The molecule has 4 nitrogen and oxygen atoms in total. The number of nitrogens with one attached hydrogen (secondary N) is 1. The second-order valence-corrected chi connectivity index (χ2v) is 6.25. The van der Waals surface area contributed by atoms with Gasteiger partial charge in [0.1, 0.15) is 0 Å². The number of fused-ring (bicyclic) bond motifs is 2. The molecule has 0 spiro atoms. The summed E-state index contributed by atoms with van der Waals surface area (Å²) >= 11 is 0. The van der Waals surface area contributed by atoms with Gasteiger partial charge in [0.05, 0.1) is 5.60 Å². The second kappa shape index (κ2) is 5.67. The van der Waals surface area contributed by atoms with Crippen molar-refractivity contribution in [3.8, 4) is 11.5 Å². The Hall–Kier alpha value is -0.970. The van der Waals surface area contributed by atoms with Gasteiger partial charge in [0.2, 0.25) is 6.79 Å². The molecule has 4 rings (SSSR count). The fraction of sp³-hybridized carbons (Fsp3) is 0.625. The third kappa shape index (κ3) is 2.50. The quantitative estimate of drug-likeness (QED) is 0.837. The lowest BCUT2D eigenvalue weighted by molar-refractivity contribution is -0.0861. The number of ether oxygens (including phenoxy) is 2. The molecule has 2 unspecified atom stereocenters. The summed E-state index contributed by atoms with van der Waals surface area (Å²) in [7, 11) is 0. The number of rotatable bonds is 1. The van der Waals surface area contributed by atoms with Gasteiger partial charge in [-0.2, -0.15) is 0 Å². The Morgan fingerprint density at radius 1 is 1.14 bits per heavy atom. The predicted octanol–water partition coefficient (Wildman–Crippen LogP) is 2.79. The van der Waals surface area contributed by atoms with Gasteiger partial charge in [-0.15, -0.1) is 12.4 Å². The Kier molecular flexibility index (Phi) is 4.04. The zero-order valence-electron chi connectivity index (χ0n) is 12.0. The first-order chi connectivity index (χ1) is 9.76. The maximum atomic E-state index is 10.9. The van der Waals surface area contributed by atoms with Gasteiger partial charge in [-0.3, -0.25) is 0 Å². The highest BCUT2D eigenvalue weighted by molar-refractivity contribution is 5.85. The van der Waals surface area contributed by atoms with E-state index in [-0.39, 0.29) is 18.4 Å². The van der Waals surface area contributed by atoms with Crippen molar-refractivity contribution in [3.05, 3.63) is 23.8 Å². The summed E-state index contributed by atoms with van der Waals surface area (Å²) < 4.78 is 10.9. The first-order valence-electron chi connectivity index (χ1n) is 7.62. The Morgan fingerprint density at radius 2 is 2.00 bits per heavy atom. The third-order valence-electron chi connectivity index (χ3n) is 5.15. The van der Waals surface area contributed by atoms with Gasteiger partial charge in [-0.05, 0) is 43.5 Å². The molecule has 2 fully saturated rings. The molecule has 1 saturated carbocycles. The van der Waals surface area contributed by atoms with E-state index in [2.05, 4.69) is 17.4 Å². The molecule has 1 aromatic carbocycles. The van der Waals surface area contributed by atoms with E-state index in [0.29, 0.717) is 12.7 Å². The van der Waals surface area contributed by atoms with E-state index in [4.69, 9.17) is 9.47 Å². The van der Waals surface area contributed by atoms with Crippen LogP contribution >= 0.6 is 12.4 Å². The number of hydrogen-bond donors (Lipinski definition) is 2. The Bertz CT molecular complexity index is 520. The lowest BCUT2D eigenvalue weighted by Gasteiger charge is -2.48. The summed E-state index contributed by atoms with van der Waals surface area (Å²) in [5.41, 5.74) is 0.726. The van der Waals surface area contributed by atoms with Crippen LogP contribution in [0.1, 0.15) is 43.7 Å². The zero-order valence-corrected chi connectivity index (χ0v) is 12.8. The van der Waals surface area contributed by atoms with Crippen LogP contribution in [0.3, 0.4) is 0 Å². The number of piperidine rings is 1. The van der Waals surface area contributed by atoms with Crippen LogP contribution in [-0.4, -0.2) is 24.0 Å². The largest absolute Gasteiger partial charge is 0.454 e. The Balaban J connectivity index is 0.00000132. The van der Waals surface area contributed by atoms with Crippen molar-refractivity contribution >= 4 is 12.4 Å². The summed E-state index contributed by atoms with van der Waals surface area (Å²) in [6.45, 7) is 1.19. The van der Waals surface area contributed by atoms with Gasteiger partial charge < -0.3 is 19.9 Å². The predicted molar refractivity (Wildman–Crippen MR) is 82.1 cm³/mol. The third-order valence-corrected chi connectivity index (χ3v) is 5.15. The van der Waals surface area contributed by atoms with Crippen molar-refractivity contribution in [2.24, 2.45) is 5.92 Å². The molecule has 2 aliphatic heterocycles. The van der Waals surface area contributed by atoms with Crippen LogP contribution in [-0.2, 0) is 0 Å². The minimum atomic E-state index is -0.482. The highest BCUT2D eigenvalue weighted by Gasteiger charge is 2.46. The highest BCUT2D eigenvalue weighted by atomic mass is 35.5. The number of benzene rings is 1. The van der Waals surface area contributed by atoms with Crippen molar-refractivity contribution < 1.29 is 14.6 Å². The maximum Gasteiger partial charge on any atom is 0.231 e. The summed E-state index contributed by atoms with van der Waals surface area (Å²) in [6, 6.07) is 6.38. The molecule has 5 heteroatoms. The summed E-state index contributed by atoms with van der Waals surface area (Å²) in [4.78, 5) is 0. The molecule has 0 bridgehead atoms. The van der Waals surface area contributed by atoms with Gasteiger partial charge in [0.15, 0.2) is 11.5 Å². The number of aliphatic hydroxyl groups is 1. The fourth-order valence-corrected chi connectivity index (χ4v) is 4.08. The van der Waals surface area contributed by atoms with Gasteiger partial charge in [0.25, 0.3) is 0 Å². The van der Waals surface area contributed by atoms with Crippen LogP contribution in [0.25, 0.3) is 0 Å². The minimum Gasteiger partial charge on any atom is -0.454 e. The van der Waals surface area contributed by atoms with Crippen molar-refractivity contribution in [3.63, 3.8) is 0 Å². The van der Waals surface area contributed by atoms with E-state index in [1.54, 1.807) is 0 Å². The molecule has 0 amide bonds. The van der Waals surface area contributed by atoms with Crippen LogP contribution in [0, 0.1) is 5.92 Å². The van der Waals surface area contributed by atoms with Gasteiger partial charge in [0, 0.05) is 12.0 Å². The van der Waals surface area contributed by atoms with Crippen molar-refractivity contribution in [2.45, 2.75) is 43.7 Å². The van der Waals surface area contributed by atoms with E-state index in [1.807, 2.05) is 6.07 Å². The molecule has 3 aliphatic rings. The van der Waals surface area contributed by atoms with E-state index < -0.39 is 5.60 Å². The average Bonchev–Trinajstić information content (AvgIpc) is 2.93. The van der Waals surface area contributed by atoms with Crippen molar-refractivity contribution in [1.29, 1.82) is 0 Å². The van der Waals surface area contributed by atoms with E-state index in [9.17, 15) is 5.11 Å². The van der Waals surface area contributed by atoms with E-state index in [1.165, 1.54) is 12.0 Å². The monoisotopic (exact) mass is 311 g/mol. The SMILES string of the molecule is Cl.OC12CCCCC1[C@H](c1ccc3c(c1)OCO3)NCC2. The first-order valence-corrected chi connectivity index (χ1v) is 7.62. The summed E-state index contributed by atoms with van der Waals surface area (Å²) in [5.74, 6) is 1.96. The standard InChI is InChI=1S/C16H21NO3.ClH/c18-16-6-2-1-3-12(16)15(17-8-7-16)11-4-5-13-14(9-11)20-10-19-13;/h4-5,9,12,15,17-18H,1-3,6-8,10H2;1H/t12?,15-,16?;/m0./s1. The normalized spacial score (nSPS) is 34.0. The fourth-order valence-electron chi connectivity index (χ4n) is 4.08.